The second-order valence-electron chi connectivity index (χ2n) is 0.729. The third-order valence-electron chi connectivity index (χ3n) is 0.216. The van der Waals surface area contributed by atoms with Gasteiger partial charge in [0, 0.05) is 11.6 Å². The normalized spacial score (nSPS) is 9.10. The molecule has 0 amide bonds. The molecular weight excluding hydrogens is 543 g/mol. The third kappa shape index (κ3) is 31.4. The van der Waals surface area contributed by atoms with Gasteiger partial charge in [-0.15, -0.1) is 0 Å². The van der Waals surface area contributed by atoms with Gasteiger partial charge in [-0.2, -0.15) is 0 Å². The van der Waals surface area contributed by atoms with E-state index in [1.165, 1.54) is 0 Å². The summed E-state index contributed by atoms with van der Waals surface area (Å²) in [7, 11) is 0. The number of hydrogen-bond donors (Lipinski definition) is 0. The van der Waals surface area contributed by atoms with Gasteiger partial charge in [-0.05, 0) is 6.61 Å². The van der Waals surface area contributed by atoms with Crippen LogP contribution in [0.3, 0.4) is 0 Å². The van der Waals surface area contributed by atoms with Crippen LogP contribution in [0.15, 0.2) is 0 Å². The summed E-state index contributed by atoms with van der Waals surface area (Å²) in [5, 5.41) is 0. The number of carbonyl (C=O) groups is 1. The van der Waals surface area contributed by atoms with E-state index in [2.05, 4.69) is 84.5 Å². The second-order valence-corrected chi connectivity index (χ2v) is 27.4. The van der Waals surface area contributed by atoms with Crippen LogP contribution >= 0.6 is 72.8 Å². The predicted octanol–water partition coefficient (Wildman–Crippen LogP) is 3.85. The fraction of sp³-hybridized carbons (Fsp3) is 0.333. The maximum absolute atomic E-state index is 9.55. The quantitative estimate of drug-likeness (QED) is 0.284. The molecule has 0 radical (unpaired) electrons. The van der Waals surface area contributed by atoms with Crippen LogP contribution in [-0.4, -0.2) is 12.0 Å². The molecule has 0 N–H and O–H groups in total. The van der Waals surface area contributed by atoms with Gasteiger partial charge in [0.2, 0.25) is 0 Å². The van der Waals surface area contributed by atoms with E-state index >= 15 is 0 Å². The molecule has 0 saturated carbocycles. The van der Waals surface area contributed by atoms with Gasteiger partial charge in [-0.1, -0.05) is 0 Å². The molecule has 0 heterocycles. The SMILES string of the molecule is [CH2-]COC(=O)Cl.[I][Co]([I])[I]. The number of hydrogen-bond acceptors (Lipinski definition) is 2. The van der Waals surface area contributed by atoms with Crippen molar-refractivity contribution in [1.82, 2.24) is 0 Å². The van der Waals surface area contributed by atoms with Crippen molar-refractivity contribution in [3.8, 4) is 0 Å². The van der Waals surface area contributed by atoms with Gasteiger partial charge in [-0.25, -0.2) is 4.79 Å². The summed E-state index contributed by atoms with van der Waals surface area (Å²) in [5.74, 6) is 0. The molecule has 0 aliphatic carbocycles. The van der Waals surface area contributed by atoms with Crippen molar-refractivity contribution in [3.63, 3.8) is 0 Å². The van der Waals surface area contributed by atoms with Crippen molar-refractivity contribution in [3.05, 3.63) is 6.92 Å². The summed E-state index contributed by atoms with van der Waals surface area (Å²) in [6.07, 6.45) is 0. The summed E-state index contributed by atoms with van der Waals surface area (Å²) in [4.78, 5) is 9.55. The molecule has 0 aromatic heterocycles. The molecular formula is C3H4ClCoI3O2-. The van der Waals surface area contributed by atoms with Crippen LogP contribution in [0.4, 0.5) is 4.79 Å². The predicted molar refractivity (Wildman–Crippen MR) is 64.6 cm³/mol. The van der Waals surface area contributed by atoms with Crippen molar-refractivity contribution in [1.29, 1.82) is 0 Å². The first-order valence-corrected chi connectivity index (χ1v) is 12.2. The Kier molecular flexibility index (Phi) is 17.1. The molecule has 0 atom stereocenters. The molecule has 0 aromatic rings. The van der Waals surface area contributed by atoms with Crippen molar-refractivity contribution >= 4 is 78.3 Å². The molecule has 66 valence electrons. The van der Waals surface area contributed by atoms with E-state index in [0.717, 1.165) is 0 Å². The van der Waals surface area contributed by atoms with Gasteiger partial charge < -0.3 is 11.7 Å². The molecule has 7 heteroatoms. The van der Waals surface area contributed by atoms with Crippen molar-refractivity contribution in [2.45, 2.75) is 0 Å². The number of halogens is 4. The monoisotopic (exact) mass is 547 g/mol. The zero-order chi connectivity index (χ0) is 8.57. The maximum atomic E-state index is 9.55. The summed E-state index contributed by atoms with van der Waals surface area (Å²) in [6, 6.07) is 0. The molecule has 0 spiro atoms. The summed E-state index contributed by atoms with van der Waals surface area (Å²) >= 11 is 11.8. The molecule has 0 aromatic carbocycles. The molecule has 0 fully saturated rings. The Morgan fingerprint density at radius 1 is 1.60 bits per heavy atom. The first-order chi connectivity index (χ1) is 4.50. The van der Waals surface area contributed by atoms with Crippen LogP contribution in [0.1, 0.15) is 0 Å². The van der Waals surface area contributed by atoms with Crippen LogP contribution in [-0.2, 0) is 8.74 Å². The number of rotatable bonds is 1. The van der Waals surface area contributed by atoms with Gasteiger partial charge in [0.15, 0.2) is 0 Å². The summed E-state index contributed by atoms with van der Waals surface area (Å²) < 4.78 is 4.36. The minimum atomic E-state index is -0.801. The van der Waals surface area contributed by atoms with Crippen molar-refractivity contribution in [2.75, 3.05) is 6.61 Å². The number of carbonyl (C=O) groups excluding carboxylic acids is 1. The van der Waals surface area contributed by atoms with Crippen molar-refractivity contribution in [2.24, 2.45) is 0 Å². The van der Waals surface area contributed by atoms with Crippen LogP contribution in [0.2, 0.25) is 0 Å². The second kappa shape index (κ2) is 11.5. The fourth-order valence-corrected chi connectivity index (χ4v) is 0.157. The van der Waals surface area contributed by atoms with Crippen LogP contribution < -0.4 is 0 Å². The molecule has 0 bridgehead atoms. The van der Waals surface area contributed by atoms with E-state index in [1.807, 2.05) is 0 Å². The van der Waals surface area contributed by atoms with E-state index in [1.54, 1.807) is 0 Å². The van der Waals surface area contributed by atoms with Crippen LogP contribution in [0.5, 0.6) is 0 Å². The van der Waals surface area contributed by atoms with Gasteiger partial charge in [-0.3, -0.25) is 0 Å². The Labute approximate surface area is 103 Å². The van der Waals surface area contributed by atoms with E-state index in [9.17, 15) is 4.79 Å². The zero-order valence-corrected chi connectivity index (χ0v) is 12.8. The van der Waals surface area contributed by atoms with Crippen LogP contribution in [0, 0.1) is 6.92 Å². The third-order valence-corrected chi connectivity index (χ3v) is 0.325. The van der Waals surface area contributed by atoms with Gasteiger partial charge in [0.05, 0.1) is 0 Å². The molecule has 10 heavy (non-hydrogen) atoms. The first-order valence-electron chi connectivity index (χ1n) is 1.76. The van der Waals surface area contributed by atoms with E-state index in [-0.39, 0.29) is 6.61 Å². The zero-order valence-electron chi connectivity index (χ0n) is 4.58. The van der Waals surface area contributed by atoms with Gasteiger partial charge >= 0.3 is 70.7 Å². The Bertz CT molecular complexity index is 89.1. The van der Waals surface area contributed by atoms with Gasteiger partial charge in [0.25, 0.3) is 0 Å². The average molecular weight is 547 g/mol. The van der Waals surface area contributed by atoms with E-state index in [0.29, 0.717) is 4.00 Å². The first kappa shape index (κ1) is 15.0. The molecule has 0 saturated heterocycles. The standard InChI is InChI=1S/C3H4ClO2.Co.3HI/c1-2-6-3(4)5;;;;/h1-2H2;;3*1H/q-1;+3;;;/p-3. The summed E-state index contributed by atoms with van der Waals surface area (Å²) in [5.41, 5.74) is -0.801. The molecule has 0 unspecified atom stereocenters. The minimum absolute atomic E-state index is 0.0995. The Morgan fingerprint density at radius 2 is 1.90 bits per heavy atom. The Balaban J connectivity index is 0. The molecule has 0 aliphatic heterocycles. The fourth-order valence-electron chi connectivity index (χ4n) is 0.0802. The van der Waals surface area contributed by atoms with E-state index in [4.69, 9.17) is 0 Å². The Hall–Kier alpha value is 2.46. The number of ether oxygens (including phenoxy) is 1. The molecule has 0 aliphatic rings. The Morgan fingerprint density at radius 3 is 1.90 bits per heavy atom. The molecule has 2 nitrogen and oxygen atoms in total. The average Bonchev–Trinajstić information content (AvgIpc) is 1.62. The van der Waals surface area contributed by atoms with Crippen molar-refractivity contribution < 1.29 is 13.5 Å². The van der Waals surface area contributed by atoms with E-state index < -0.39 is 5.43 Å². The summed E-state index contributed by atoms with van der Waals surface area (Å²) in [6.45, 7) is 3.30. The topological polar surface area (TPSA) is 26.3 Å². The van der Waals surface area contributed by atoms with Gasteiger partial charge in [0.1, 0.15) is 0 Å². The van der Waals surface area contributed by atoms with Crippen LogP contribution in [0.25, 0.3) is 0 Å². The molecule has 0 rings (SSSR count).